The number of methoxy groups -OCH3 is 1. The molecule has 1 saturated carbocycles. The highest BCUT2D eigenvalue weighted by atomic mass is 16.5. The summed E-state index contributed by atoms with van der Waals surface area (Å²) in [6, 6.07) is 0.761. The summed E-state index contributed by atoms with van der Waals surface area (Å²) in [7, 11) is 1.84. The molecule has 0 aromatic heterocycles. The standard InChI is InChI=1S/C15H31NO/c1-3-4-5-6-7-8-13-16-14-9-11-15(17-2)12-10-14/h14-16H,3-13H2,1-2H3. The van der Waals surface area contributed by atoms with E-state index >= 15 is 0 Å². The Balaban J connectivity index is 1.87. The number of nitrogens with one attached hydrogen (secondary N) is 1. The van der Waals surface area contributed by atoms with Crippen molar-refractivity contribution < 1.29 is 4.74 Å². The summed E-state index contributed by atoms with van der Waals surface area (Å²) in [5.41, 5.74) is 0. The van der Waals surface area contributed by atoms with Crippen molar-refractivity contribution >= 4 is 0 Å². The van der Waals surface area contributed by atoms with Crippen LogP contribution in [0.2, 0.25) is 0 Å². The molecule has 0 amide bonds. The fourth-order valence-electron chi connectivity index (χ4n) is 2.71. The molecule has 1 rings (SSSR count). The van der Waals surface area contributed by atoms with Gasteiger partial charge in [0.05, 0.1) is 6.10 Å². The van der Waals surface area contributed by atoms with Crippen LogP contribution in [-0.4, -0.2) is 25.8 Å². The summed E-state index contributed by atoms with van der Waals surface area (Å²) in [4.78, 5) is 0. The van der Waals surface area contributed by atoms with Crippen molar-refractivity contribution in [3.8, 4) is 0 Å². The summed E-state index contributed by atoms with van der Waals surface area (Å²) in [6.45, 7) is 3.49. The average Bonchev–Trinajstić information content (AvgIpc) is 2.38. The molecule has 0 aromatic carbocycles. The molecule has 1 fully saturated rings. The third kappa shape index (κ3) is 7.05. The third-order valence-corrected chi connectivity index (χ3v) is 3.97. The minimum absolute atomic E-state index is 0.530. The largest absolute Gasteiger partial charge is 0.381 e. The number of hydrogen-bond donors (Lipinski definition) is 1. The molecule has 1 aliphatic rings. The normalized spacial score (nSPS) is 25.1. The van der Waals surface area contributed by atoms with Crippen LogP contribution in [0, 0.1) is 0 Å². The second kappa shape index (κ2) is 9.90. The first-order valence-electron chi connectivity index (χ1n) is 7.63. The summed E-state index contributed by atoms with van der Waals surface area (Å²) in [5, 5.41) is 3.70. The van der Waals surface area contributed by atoms with Gasteiger partial charge < -0.3 is 10.1 Å². The summed E-state index contributed by atoms with van der Waals surface area (Å²) < 4.78 is 5.39. The van der Waals surface area contributed by atoms with E-state index in [1.54, 1.807) is 0 Å². The molecule has 0 heterocycles. The lowest BCUT2D eigenvalue weighted by atomic mass is 9.93. The molecule has 0 aliphatic heterocycles. The van der Waals surface area contributed by atoms with Crippen LogP contribution in [0.25, 0.3) is 0 Å². The predicted molar refractivity (Wildman–Crippen MR) is 74.4 cm³/mol. The number of unbranched alkanes of at least 4 members (excludes halogenated alkanes) is 5. The highest BCUT2D eigenvalue weighted by Gasteiger charge is 2.19. The minimum atomic E-state index is 0.530. The zero-order valence-corrected chi connectivity index (χ0v) is 11.8. The first-order valence-corrected chi connectivity index (χ1v) is 7.63. The third-order valence-electron chi connectivity index (χ3n) is 3.97. The van der Waals surface area contributed by atoms with Gasteiger partial charge in [-0.2, -0.15) is 0 Å². The molecule has 2 heteroatoms. The van der Waals surface area contributed by atoms with Gasteiger partial charge in [0.15, 0.2) is 0 Å². The van der Waals surface area contributed by atoms with Gasteiger partial charge in [0.1, 0.15) is 0 Å². The van der Waals surface area contributed by atoms with Crippen molar-refractivity contribution in [3.63, 3.8) is 0 Å². The predicted octanol–water partition coefficient (Wildman–Crippen LogP) is 3.89. The quantitative estimate of drug-likeness (QED) is 0.618. The molecule has 0 atom stereocenters. The first-order chi connectivity index (χ1) is 8.36. The molecule has 1 N–H and O–H groups in total. The Bertz CT molecular complexity index is 164. The fraction of sp³-hybridized carbons (Fsp3) is 1.00. The Morgan fingerprint density at radius 3 is 2.24 bits per heavy atom. The van der Waals surface area contributed by atoms with Crippen LogP contribution in [-0.2, 0) is 4.74 Å². The van der Waals surface area contributed by atoms with Gasteiger partial charge in [0, 0.05) is 13.2 Å². The van der Waals surface area contributed by atoms with E-state index in [0.717, 1.165) is 6.04 Å². The highest BCUT2D eigenvalue weighted by molar-refractivity contribution is 4.77. The maximum Gasteiger partial charge on any atom is 0.0572 e. The minimum Gasteiger partial charge on any atom is -0.381 e. The van der Waals surface area contributed by atoms with E-state index < -0.39 is 0 Å². The van der Waals surface area contributed by atoms with Crippen molar-refractivity contribution in [2.75, 3.05) is 13.7 Å². The van der Waals surface area contributed by atoms with Crippen molar-refractivity contribution in [1.82, 2.24) is 5.32 Å². The van der Waals surface area contributed by atoms with Crippen molar-refractivity contribution in [1.29, 1.82) is 0 Å². The monoisotopic (exact) mass is 241 g/mol. The zero-order valence-electron chi connectivity index (χ0n) is 11.8. The Kier molecular flexibility index (Phi) is 8.72. The van der Waals surface area contributed by atoms with E-state index in [1.807, 2.05) is 7.11 Å². The summed E-state index contributed by atoms with van der Waals surface area (Å²) >= 11 is 0. The smallest absolute Gasteiger partial charge is 0.0572 e. The molecular formula is C15H31NO. The number of hydrogen-bond acceptors (Lipinski definition) is 2. The first kappa shape index (κ1) is 15.0. The molecule has 0 radical (unpaired) electrons. The Labute approximate surface area is 108 Å². The van der Waals surface area contributed by atoms with Crippen LogP contribution in [0.5, 0.6) is 0 Å². The van der Waals surface area contributed by atoms with Gasteiger partial charge in [-0.05, 0) is 38.6 Å². The molecule has 0 aromatic rings. The molecule has 0 bridgehead atoms. The van der Waals surface area contributed by atoms with Gasteiger partial charge in [0.25, 0.3) is 0 Å². The lowest BCUT2D eigenvalue weighted by molar-refractivity contribution is 0.0625. The molecular weight excluding hydrogens is 210 g/mol. The molecule has 2 nitrogen and oxygen atoms in total. The molecule has 0 unspecified atom stereocenters. The molecule has 0 saturated heterocycles. The van der Waals surface area contributed by atoms with Gasteiger partial charge >= 0.3 is 0 Å². The van der Waals surface area contributed by atoms with Gasteiger partial charge in [-0.25, -0.2) is 0 Å². The van der Waals surface area contributed by atoms with Gasteiger partial charge in [0.2, 0.25) is 0 Å². The van der Waals surface area contributed by atoms with Crippen LogP contribution in [0.1, 0.15) is 71.1 Å². The topological polar surface area (TPSA) is 21.3 Å². The second-order valence-corrected chi connectivity index (χ2v) is 5.43. The maximum absolute atomic E-state index is 5.39. The molecule has 102 valence electrons. The number of rotatable bonds is 9. The molecule has 17 heavy (non-hydrogen) atoms. The van der Waals surface area contributed by atoms with Crippen LogP contribution in [0.4, 0.5) is 0 Å². The van der Waals surface area contributed by atoms with Crippen LogP contribution in [0.15, 0.2) is 0 Å². The lowest BCUT2D eigenvalue weighted by Gasteiger charge is -2.28. The fourth-order valence-corrected chi connectivity index (χ4v) is 2.71. The summed E-state index contributed by atoms with van der Waals surface area (Å²) in [5.74, 6) is 0. The maximum atomic E-state index is 5.39. The van der Waals surface area contributed by atoms with E-state index in [0.29, 0.717) is 6.10 Å². The second-order valence-electron chi connectivity index (χ2n) is 5.43. The van der Waals surface area contributed by atoms with Gasteiger partial charge in [-0.15, -0.1) is 0 Å². The van der Waals surface area contributed by atoms with E-state index in [4.69, 9.17) is 4.74 Å². The summed E-state index contributed by atoms with van der Waals surface area (Å²) in [6.07, 6.45) is 14.0. The van der Waals surface area contributed by atoms with E-state index in [-0.39, 0.29) is 0 Å². The Morgan fingerprint density at radius 1 is 0.941 bits per heavy atom. The van der Waals surface area contributed by atoms with Gasteiger partial charge in [-0.1, -0.05) is 39.0 Å². The Hall–Kier alpha value is -0.0800. The molecule has 1 aliphatic carbocycles. The highest BCUT2D eigenvalue weighted by Crippen LogP contribution is 2.20. The van der Waals surface area contributed by atoms with E-state index in [9.17, 15) is 0 Å². The van der Waals surface area contributed by atoms with Crippen LogP contribution >= 0.6 is 0 Å². The zero-order chi connectivity index (χ0) is 12.3. The van der Waals surface area contributed by atoms with Gasteiger partial charge in [-0.3, -0.25) is 0 Å². The number of ether oxygens (including phenoxy) is 1. The van der Waals surface area contributed by atoms with E-state index in [1.165, 1.54) is 70.8 Å². The van der Waals surface area contributed by atoms with E-state index in [2.05, 4.69) is 12.2 Å². The van der Waals surface area contributed by atoms with Crippen molar-refractivity contribution in [2.45, 2.75) is 83.3 Å². The Morgan fingerprint density at radius 2 is 1.59 bits per heavy atom. The average molecular weight is 241 g/mol. The van der Waals surface area contributed by atoms with Crippen molar-refractivity contribution in [3.05, 3.63) is 0 Å². The SMILES string of the molecule is CCCCCCCCNC1CCC(OC)CC1. The van der Waals surface area contributed by atoms with Crippen LogP contribution < -0.4 is 5.32 Å². The van der Waals surface area contributed by atoms with Crippen molar-refractivity contribution in [2.24, 2.45) is 0 Å². The van der Waals surface area contributed by atoms with Crippen LogP contribution in [0.3, 0.4) is 0 Å². The lowest BCUT2D eigenvalue weighted by Crippen LogP contribution is -2.35. The molecule has 0 spiro atoms.